The first-order chi connectivity index (χ1) is 31.5. The number of allylic oxidation sites excluding steroid dienone is 4. The molecule has 0 aliphatic rings. The van der Waals surface area contributed by atoms with E-state index in [4.69, 9.17) is 4.74 Å². The van der Waals surface area contributed by atoms with Gasteiger partial charge in [-0.05, 0) is 77.0 Å². The Bertz CT molecular complexity index is 997. The minimum Gasteiger partial charge on any atom is -0.466 e. The van der Waals surface area contributed by atoms with Gasteiger partial charge in [0.15, 0.2) is 0 Å². The number of hydrogen-bond donors (Lipinski definition) is 3. The van der Waals surface area contributed by atoms with E-state index < -0.39 is 12.1 Å². The van der Waals surface area contributed by atoms with E-state index in [-0.39, 0.29) is 18.5 Å². The second-order valence-electron chi connectivity index (χ2n) is 19.6. The highest BCUT2D eigenvalue weighted by Gasteiger charge is 2.20. The third-order valence-corrected chi connectivity index (χ3v) is 13.2. The van der Waals surface area contributed by atoms with Gasteiger partial charge in [-0.3, -0.25) is 9.59 Å². The first-order valence-corrected chi connectivity index (χ1v) is 28.6. The number of carbonyl (C=O) groups excluding carboxylic acids is 2. The van der Waals surface area contributed by atoms with Crippen LogP contribution in [-0.4, -0.2) is 47.4 Å². The molecule has 0 saturated heterocycles. The Balaban J connectivity index is 3.44. The van der Waals surface area contributed by atoms with E-state index in [1.807, 2.05) is 0 Å². The molecule has 3 N–H and O–H groups in total. The summed E-state index contributed by atoms with van der Waals surface area (Å²) in [7, 11) is 0. The number of rotatable bonds is 53. The quantitative estimate of drug-likeness (QED) is 0.0321. The van der Waals surface area contributed by atoms with Crippen molar-refractivity contribution >= 4 is 11.9 Å². The van der Waals surface area contributed by atoms with E-state index in [1.165, 1.54) is 231 Å². The largest absolute Gasteiger partial charge is 0.466 e. The lowest BCUT2D eigenvalue weighted by Gasteiger charge is -2.22. The van der Waals surface area contributed by atoms with Crippen molar-refractivity contribution in [3.8, 4) is 0 Å². The van der Waals surface area contributed by atoms with Crippen molar-refractivity contribution in [2.75, 3.05) is 13.2 Å². The van der Waals surface area contributed by atoms with Gasteiger partial charge in [0.2, 0.25) is 5.91 Å². The van der Waals surface area contributed by atoms with Crippen LogP contribution in [0.25, 0.3) is 0 Å². The highest BCUT2D eigenvalue weighted by Crippen LogP contribution is 2.17. The zero-order chi connectivity index (χ0) is 46.5. The third-order valence-electron chi connectivity index (χ3n) is 13.2. The van der Waals surface area contributed by atoms with Gasteiger partial charge in [-0.25, -0.2) is 0 Å². The molecule has 0 aromatic heterocycles. The molecule has 378 valence electrons. The van der Waals surface area contributed by atoms with Gasteiger partial charge < -0.3 is 20.3 Å². The number of aliphatic hydroxyl groups excluding tert-OH is 2. The summed E-state index contributed by atoms with van der Waals surface area (Å²) >= 11 is 0. The summed E-state index contributed by atoms with van der Waals surface area (Å²) in [6.07, 6.45) is 64.5. The molecule has 0 aromatic rings. The number of nitrogens with one attached hydrogen (secondary N) is 1. The third kappa shape index (κ3) is 49.8. The van der Waals surface area contributed by atoms with Crippen LogP contribution < -0.4 is 5.32 Å². The molecule has 1 amide bonds. The van der Waals surface area contributed by atoms with Crippen molar-refractivity contribution in [3.63, 3.8) is 0 Å². The molecule has 0 aliphatic heterocycles. The fourth-order valence-electron chi connectivity index (χ4n) is 8.81. The second kappa shape index (κ2) is 54.0. The van der Waals surface area contributed by atoms with E-state index in [9.17, 15) is 19.8 Å². The monoisotopic (exact) mass is 902 g/mol. The molecular formula is C58H111NO5. The smallest absolute Gasteiger partial charge is 0.305 e. The van der Waals surface area contributed by atoms with E-state index in [0.29, 0.717) is 25.9 Å². The molecule has 0 bridgehead atoms. The summed E-state index contributed by atoms with van der Waals surface area (Å²) in [6.45, 7) is 4.93. The van der Waals surface area contributed by atoms with Gasteiger partial charge >= 0.3 is 5.97 Å². The Labute approximate surface area is 399 Å². The number of hydrogen-bond acceptors (Lipinski definition) is 5. The molecule has 0 heterocycles. The Hall–Kier alpha value is -1.66. The van der Waals surface area contributed by atoms with Gasteiger partial charge in [0.25, 0.3) is 0 Å². The summed E-state index contributed by atoms with van der Waals surface area (Å²) in [5.41, 5.74) is 0. The van der Waals surface area contributed by atoms with Gasteiger partial charge in [0.05, 0.1) is 25.4 Å². The van der Waals surface area contributed by atoms with Gasteiger partial charge in [-0.1, -0.05) is 244 Å². The predicted octanol–water partition coefficient (Wildman–Crippen LogP) is 17.5. The van der Waals surface area contributed by atoms with E-state index in [2.05, 4.69) is 43.5 Å². The summed E-state index contributed by atoms with van der Waals surface area (Å²) in [6, 6.07) is -0.548. The Morgan fingerprint density at radius 3 is 1.11 bits per heavy atom. The lowest BCUT2D eigenvalue weighted by Crippen LogP contribution is -2.45. The Morgan fingerprint density at radius 1 is 0.422 bits per heavy atom. The summed E-state index contributed by atoms with van der Waals surface area (Å²) in [5, 5.41) is 23.2. The van der Waals surface area contributed by atoms with Gasteiger partial charge in [-0.2, -0.15) is 0 Å². The van der Waals surface area contributed by atoms with Crippen LogP contribution in [0.5, 0.6) is 0 Å². The molecule has 0 saturated carbocycles. The van der Waals surface area contributed by atoms with Crippen molar-refractivity contribution in [1.29, 1.82) is 0 Å². The van der Waals surface area contributed by atoms with Crippen LogP contribution in [0.4, 0.5) is 0 Å². The number of unbranched alkanes of at least 4 members (excludes halogenated alkanes) is 38. The zero-order valence-electron chi connectivity index (χ0n) is 43.0. The van der Waals surface area contributed by atoms with Crippen LogP contribution in [0.2, 0.25) is 0 Å². The zero-order valence-corrected chi connectivity index (χ0v) is 43.0. The standard InChI is InChI=1S/C58H111NO5/c1-3-5-7-9-11-13-15-17-26-30-34-38-42-46-50-56(61)55(54-60)59-57(62)51-47-43-39-35-31-27-24-22-20-19-21-23-25-29-33-37-41-45-49-53-64-58(63)52-48-44-40-36-32-28-18-16-14-12-10-8-6-4-2/h16,18-20,55-56,60-61H,3-15,17,21-54H2,1-2H3,(H,59,62)/b18-16-,20-19-. The molecular weight excluding hydrogens is 791 g/mol. The number of esters is 1. The SMILES string of the molecule is CCCCCCC/C=C\CCCCCCCC(=O)OCCCCCCCCCC/C=C\CCCCCCCCCC(=O)NC(CO)C(O)CCCCCCCCCCCCCCCC. The van der Waals surface area contributed by atoms with E-state index >= 15 is 0 Å². The van der Waals surface area contributed by atoms with E-state index in [0.717, 1.165) is 44.9 Å². The second-order valence-corrected chi connectivity index (χ2v) is 19.6. The average Bonchev–Trinajstić information content (AvgIpc) is 3.29. The fraction of sp³-hybridized carbons (Fsp3) is 0.897. The Morgan fingerprint density at radius 2 is 0.734 bits per heavy atom. The van der Waals surface area contributed by atoms with Gasteiger partial charge in [0, 0.05) is 12.8 Å². The summed E-state index contributed by atoms with van der Waals surface area (Å²) in [5.74, 6) is -0.0485. The number of carbonyl (C=O) groups is 2. The molecule has 0 spiro atoms. The lowest BCUT2D eigenvalue weighted by atomic mass is 10.0. The molecule has 0 radical (unpaired) electrons. The van der Waals surface area contributed by atoms with Crippen LogP contribution in [0.15, 0.2) is 24.3 Å². The van der Waals surface area contributed by atoms with E-state index in [1.54, 1.807) is 0 Å². The maximum Gasteiger partial charge on any atom is 0.305 e. The highest BCUT2D eigenvalue weighted by atomic mass is 16.5. The molecule has 6 heteroatoms. The van der Waals surface area contributed by atoms with Crippen LogP contribution in [-0.2, 0) is 14.3 Å². The number of aliphatic hydroxyl groups is 2. The number of ether oxygens (including phenoxy) is 1. The first-order valence-electron chi connectivity index (χ1n) is 28.6. The molecule has 64 heavy (non-hydrogen) atoms. The molecule has 0 rings (SSSR count). The first kappa shape index (κ1) is 62.3. The molecule has 0 aromatic carbocycles. The van der Waals surface area contributed by atoms with Crippen LogP contribution in [0.1, 0.15) is 309 Å². The highest BCUT2D eigenvalue weighted by molar-refractivity contribution is 5.76. The minimum atomic E-state index is -0.670. The van der Waals surface area contributed by atoms with Crippen LogP contribution >= 0.6 is 0 Å². The Kier molecular flexibility index (Phi) is 52.6. The molecule has 0 fully saturated rings. The maximum atomic E-state index is 12.5. The number of amides is 1. The fourth-order valence-corrected chi connectivity index (χ4v) is 8.81. The average molecular weight is 903 g/mol. The molecule has 0 aliphatic carbocycles. The van der Waals surface area contributed by atoms with Crippen molar-refractivity contribution in [2.45, 2.75) is 321 Å². The van der Waals surface area contributed by atoms with Gasteiger partial charge in [0.1, 0.15) is 0 Å². The van der Waals surface area contributed by atoms with Crippen LogP contribution in [0.3, 0.4) is 0 Å². The van der Waals surface area contributed by atoms with Crippen molar-refractivity contribution in [2.24, 2.45) is 0 Å². The molecule has 6 nitrogen and oxygen atoms in total. The minimum absolute atomic E-state index is 0.00450. The normalized spacial score (nSPS) is 12.8. The van der Waals surface area contributed by atoms with Crippen molar-refractivity contribution < 1.29 is 24.5 Å². The van der Waals surface area contributed by atoms with Crippen LogP contribution in [0, 0.1) is 0 Å². The molecule has 2 atom stereocenters. The lowest BCUT2D eigenvalue weighted by molar-refractivity contribution is -0.143. The van der Waals surface area contributed by atoms with Crippen molar-refractivity contribution in [3.05, 3.63) is 24.3 Å². The summed E-state index contributed by atoms with van der Waals surface area (Å²) < 4.78 is 5.47. The van der Waals surface area contributed by atoms with Gasteiger partial charge in [-0.15, -0.1) is 0 Å². The van der Waals surface area contributed by atoms with Crippen molar-refractivity contribution in [1.82, 2.24) is 5.32 Å². The molecule has 2 unspecified atom stereocenters. The summed E-state index contributed by atoms with van der Waals surface area (Å²) in [4.78, 5) is 24.5. The maximum absolute atomic E-state index is 12.5. The predicted molar refractivity (Wildman–Crippen MR) is 278 cm³/mol. The topological polar surface area (TPSA) is 95.9 Å².